The monoisotopic (exact) mass is 350 g/mol. The summed E-state index contributed by atoms with van der Waals surface area (Å²) < 4.78 is 0. The van der Waals surface area contributed by atoms with Gasteiger partial charge in [-0.15, -0.1) is 11.8 Å². The van der Waals surface area contributed by atoms with Crippen molar-refractivity contribution >= 4 is 40.8 Å². The minimum absolute atomic E-state index is 0.707. The van der Waals surface area contributed by atoms with E-state index in [1.165, 1.54) is 11.1 Å². The van der Waals surface area contributed by atoms with E-state index < -0.39 is 0 Å². The lowest BCUT2D eigenvalue weighted by molar-refractivity contribution is 0.742. The third-order valence-corrected chi connectivity index (χ3v) is 5.23. The first-order valence-corrected chi connectivity index (χ1v) is 8.92. The molecule has 114 valence electrons. The zero-order valence-corrected chi connectivity index (χ0v) is 14.3. The quantitative estimate of drug-likeness (QED) is 0.782. The van der Waals surface area contributed by atoms with Crippen molar-refractivity contribution in [3.63, 3.8) is 0 Å². The van der Waals surface area contributed by atoms with E-state index in [1.807, 2.05) is 18.2 Å². The van der Waals surface area contributed by atoms with Crippen molar-refractivity contribution in [1.29, 1.82) is 0 Å². The molecule has 0 saturated carbocycles. The van der Waals surface area contributed by atoms with Crippen molar-refractivity contribution in [3.8, 4) is 0 Å². The maximum absolute atomic E-state index is 6.24. The van der Waals surface area contributed by atoms with E-state index in [-0.39, 0.29) is 0 Å². The Hall–Kier alpha value is -1.16. The topological polar surface area (TPSA) is 24.4 Å². The molecule has 1 N–H and O–H groups in total. The second kappa shape index (κ2) is 7.40. The van der Waals surface area contributed by atoms with Crippen LogP contribution in [0.4, 0.5) is 0 Å². The Labute approximate surface area is 144 Å². The summed E-state index contributed by atoms with van der Waals surface area (Å²) in [7, 11) is 0. The number of nitrogens with zero attached hydrogens (tertiary/aromatic N) is 1. The number of halogens is 2. The van der Waals surface area contributed by atoms with Crippen LogP contribution in [0.25, 0.3) is 0 Å². The minimum atomic E-state index is 0.707. The summed E-state index contributed by atoms with van der Waals surface area (Å²) in [5.74, 6) is 1.83. The van der Waals surface area contributed by atoms with Crippen LogP contribution in [0.5, 0.6) is 0 Å². The van der Waals surface area contributed by atoms with Gasteiger partial charge in [-0.2, -0.15) is 0 Å². The molecule has 1 aliphatic rings. The van der Waals surface area contributed by atoms with Gasteiger partial charge >= 0.3 is 0 Å². The molecule has 0 bridgehead atoms. The van der Waals surface area contributed by atoms with E-state index in [0.29, 0.717) is 5.02 Å². The molecular formula is C17H16Cl2N2S. The van der Waals surface area contributed by atoms with E-state index >= 15 is 0 Å². The number of nitrogens with one attached hydrogen (secondary N) is 1. The Morgan fingerprint density at radius 1 is 1.14 bits per heavy atom. The molecule has 0 fully saturated rings. The Morgan fingerprint density at radius 3 is 2.82 bits per heavy atom. The highest BCUT2D eigenvalue weighted by atomic mass is 35.5. The number of benzene rings is 2. The average Bonchev–Trinajstić information content (AvgIpc) is 2.57. The molecule has 22 heavy (non-hydrogen) atoms. The van der Waals surface area contributed by atoms with E-state index in [0.717, 1.165) is 41.0 Å². The molecule has 0 spiro atoms. The molecule has 2 aromatic carbocycles. The van der Waals surface area contributed by atoms with Crippen LogP contribution >= 0.6 is 35.0 Å². The molecule has 5 heteroatoms. The lowest BCUT2D eigenvalue weighted by Gasteiger charge is -2.17. The van der Waals surface area contributed by atoms with Gasteiger partial charge in [-0.1, -0.05) is 47.5 Å². The summed E-state index contributed by atoms with van der Waals surface area (Å²) >= 11 is 14.0. The predicted octanol–water partition coefficient (Wildman–Crippen LogP) is 5.03. The SMILES string of the molecule is Clc1ccc(Cl)c(SCc2ccccc2C2=NCCCN2)c1. The zero-order valence-electron chi connectivity index (χ0n) is 12.0. The Bertz CT molecular complexity index is 701. The molecule has 1 heterocycles. The maximum atomic E-state index is 6.24. The predicted molar refractivity (Wildman–Crippen MR) is 96.5 cm³/mol. The fourth-order valence-corrected chi connectivity index (χ4v) is 3.83. The number of hydrogen-bond donors (Lipinski definition) is 1. The van der Waals surface area contributed by atoms with Gasteiger partial charge in [-0.25, -0.2) is 0 Å². The van der Waals surface area contributed by atoms with Crippen molar-refractivity contribution in [1.82, 2.24) is 5.32 Å². The van der Waals surface area contributed by atoms with E-state index in [2.05, 4.69) is 34.6 Å². The normalized spacial score (nSPS) is 14.4. The molecule has 3 rings (SSSR count). The first kappa shape index (κ1) is 15.7. The molecule has 0 saturated heterocycles. The smallest absolute Gasteiger partial charge is 0.128 e. The number of hydrogen-bond acceptors (Lipinski definition) is 3. The maximum Gasteiger partial charge on any atom is 0.128 e. The lowest BCUT2D eigenvalue weighted by atomic mass is 10.1. The van der Waals surface area contributed by atoms with Gasteiger partial charge in [0.15, 0.2) is 0 Å². The van der Waals surface area contributed by atoms with Crippen LogP contribution in [0.3, 0.4) is 0 Å². The van der Waals surface area contributed by atoms with Crippen LogP contribution in [-0.4, -0.2) is 18.9 Å². The summed E-state index contributed by atoms with van der Waals surface area (Å²) in [6.45, 7) is 1.88. The fraction of sp³-hybridized carbons (Fsp3) is 0.235. The second-order valence-corrected chi connectivity index (χ2v) is 6.89. The summed E-state index contributed by atoms with van der Waals surface area (Å²) in [4.78, 5) is 5.60. The van der Waals surface area contributed by atoms with E-state index in [4.69, 9.17) is 23.2 Å². The molecule has 1 aliphatic heterocycles. The van der Waals surface area contributed by atoms with Crippen molar-refractivity contribution in [2.45, 2.75) is 17.1 Å². The Kier molecular flexibility index (Phi) is 5.29. The van der Waals surface area contributed by atoms with E-state index in [1.54, 1.807) is 11.8 Å². The van der Waals surface area contributed by atoms with Crippen LogP contribution in [-0.2, 0) is 5.75 Å². The molecule has 0 unspecified atom stereocenters. The number of aliphatic imine (C=N–C) groups is 1. The summed E-state index contributed by atoms with van der Waals surface area (Å²) in [5.41, 5.74) is 2.42. The van der Waals surface area contributed by atoms with E-state index in [9.17, 15) is 0 Å². The molecule has 0 aliphatic carbocycles. The lowest BCUT2D eigenvalue weighted by Crippen LogP contribution is -2.30. The van der Waals surface area contributed by atoms with Crippen LogP contribution in [0.15, 0.2) is 52.4 Å². The molecule has 0 radical (unpaired) electrons. The largest absolute Gasteiger partial charge is 0.370 e. The minimum Gasteiger partial charge on any atom is -0.370 e. The highest BCUT2D eigenvalue weighted by molar-refractivity contribution is 7.98. The molecular weight excluding hydrogens is 335 g/mol. The fourth-order valence-electron chi connectivity index (χ4n) is 2.33. The first-order valence-electron chi connectivity index (χ1n) is 7.18. The van der Waals surface area contributed by atoms with Crippen LogP contribution < -0.4 is 5.32 Å². The van der Waals surface area contributed by atoms with Gasteiger partial charge < -0.3 is 5.32 Å². The van der Waals surface area contributed by atoms with Gasteiger partial charge in [0.25, 0.3) is 0 Å². The first-order chi connectivity index (χ1) is 10.7. The second-order valence-electron chi connectivity index (χ2n) is 5.03. The molecule has 2 nitrogen and oxygen atoms in total. The molecule has 0 aromatic heterocycles. The number of thioether (sulfide) groups is 1. The van der Waals surface area contributed by atoms with Gasteiger partial charge in [0, 0.05) is 34.3 Å². The van der Waals surface area contributed by atoms with Gasteiger partial charge in [0.1, 0.15) is 5.84 Å². The summed E-state index contributed by atoms with van der Waals surface area (Å²) in [6.07, 6.45) is 1.10. The van der Waals surface area contributed by atoms with Crippen LogP contribution in [0.2, 0.25) is 10.0 Å². The highest BCUT2D eigenvalue weighted by Crippen LogP contribution is 2.32. The third kappa shape index (κ3) is 3.78. The third-order valence-electron chi connectivity index (χ3n) is 3.45. The standard InChI is InChI=1S/C17H16Cl2N2S/c18-13-6-7-15(19)16(10-13)22-11-12-4-1-2-5-14(12)17-20-8-3-9-21-17/h1-2,4-7,10H,3,8-9,11H2,(H,20,21). The van der Waals surface area contributed by atoms with Crippen molar-refractivity contribution in [2.75, 3.05) is 13.1 Å². The molecule has 2 aromatic rings. The summed E-state index contributed by atoms with van der Waals surface area (Å²) in [6, 6.07) is 13.9. The van der Waals surface area contributed by atoms with Crippen molar-refractivity contribution in [2.24, 2.45) is 4.99 Å². The average molecular weight is 351 g/mol. The summed E-state index contributed by atoms with van der Waals surface area (Å²) in [5, 5.41) is 4.83. The number of rotatable bonds is 4. The Balaban J connectivity index is 1.81. The van der Waals surface area contributed by atoms with Crippen molar-refractivity contribution in [3.05, 3.63) is 63.6 Å². The van der Waals surface area contributed by atoms with Gasteiger partial charge in [-0.3, -0.25) is 4.99 Å². The van der Waals surface area contributed by atoms with Crippen LogP contribution in [0, 0.1) is 0 Å². The van der Waals surface area contributed by atoms with Gasteiger partial charge in [0.05, 0.1) is 5.02 Å². The molecule has 0 amide bonds. The zero-order chi connectivity index (χ0) is 15.4. The van der Waals surface area contributed by atoms with Gasteiger partial charge in [-0.05, 0) is 30.2 Å². The highest BCUT2D eigenvalue weighted by Gasteiger charge is 2.12. The number of amidine groups is 1. The Morgan fingerprint density at radius 2 is 2.00 bits per heavy atom. The molecule has 0 atom stereocenters. The van der Waals surface area contributed by atoms with Gasteiger partial charge in [0.2, 0.25) is 0 Å². The van der Waals surface area contributed by atoms with Crippen molar-refractivity contribution < 1.29 is 0 Å². The van der Waals surface area contributed by atoms with Crippen LogP contribution in [0.1, 0.15) is 17.5 Å².